The second-order valence-electron chi connectivity index (χ2n) is 3.89. The van der Waals surface area contributed by atoms with Crippen molar-refractivity contribution in [3.8, 4) is 0 Å². The molecule has 0 saturated heterocycles. The van der Waals surface area contributed by atoms with E-state index >= 15 is 0 Å². The summed E-state index contributed by atoms with van der Waals surface area (Å²) in [6.45, 7) is 1.95. The fourth-order valence-corrected chi connectivity index (χ4v) is 2.51. The number of carbonyl (C=O) groups is 1. The number of hydrogen-bond donors (Lipinski definition) is 2. The summed E-state index contributed by atoms with van der Waals surface area (Å²) in [5, 5.41) is 9.12. The van der Waals surface area contributed by atoms with Crippen LogP contribution in [-0.2, 0) is 0 Å². The van der Waals surface area contributed by atoms with E-state index < -0.39 is 0 Å². The summed E-state index contributed by atoms with van der Waals surface area (Å²) in [5.74, 6) is -0.0602. The normalized spacial score (nSPS) is 18.2. The van der Waals surface area contributed by atoms with Gasteiger partial charge in [-0.3, -0.25) is 4.79 Å². The van der Waals surface area contributed by atoms with Gasteiger partial charge in [-0.25, -0.2) is 4.98 Å². The van der Waals surface area contributed by atoms with Gasteiger partial charge in [0.1, 0.15) is 6.17 Å². The van der Waals surface area contributed by atoms with Crippen molar-refractivity contribution in [2.75, 3.05) is 5.32 Å². The Morgan fingerprint density at radius 1 is 1.29 bits per heavy atom. The molecule has 1 aliphatic heterocycles. The van der Waals surface area contributed by atoms with Crippen molar-refractivity contribution in [2.24, 2.45) is 0 Å². The third-order valence-electron chi connectivity index (χ3n) is 2.68. The molecule has 5 heteroatoms. The topological polar surface area (TPSA) is 54.0 Å². The van der Waals surface area contributed by atoms with Crippen molar-refractivity contribution in [1.82, 2.24) is 10.3 Å². The molecule has 0 bridgehead atoms. The Labute approximate surface area is 103 Å². The third kappa shape index (κ3) is 1.78. The van der Waals surface area contributed by atoms with Crippen LogP contribution in [0.2, 0.25) is 0 Å². The number of benzene rings is 1. The molecule has 1 aromatic heterocycles. The van der Waals surface area contributed by atoms with Crippen molar-refractivity contribution in [3.05, 3.63) is 45.9 Å². The average Bonchev–Trinajstić information content (AvgIpc) is 2.76. The fraction of sp³-hybridized carbons (Fsp3) is 0.167. The maximum Gasteiger partial charge on any atom is 0.255 e. The van der Waals surface area contributed by atoms with Gasteiger partial charge >= 0.3 is 0 Å². The number of nitrogens with zero attached hydrogens (tertiary/aromatic N) is 1. The zero-order valence-electron chi connectivity index (χ0n) is 9.23. The highest BCUT2D eigenvalue weighted by molar-refractivity contribution is 7.09. The molecule has 0 fully saturated rings. The number of carbonyl (C=O) groups excluding carboxylic acids is 1. The van der Waals surface area contributed by atoms with Crippen LogP contribution in [0.5, 0.6) is 0 Å². The standard InChI is InChI=1S/C12H11N3OS/c1-7-13-10(6-17-7)11-14-9-5-3-2-4-8(9)12(16)15-11/h2-6,11,14H,1H3,(H,15,16). The molecule has 0 aliphatic carbocycles. The van der Waals surface area contributed by atoms with E-state index in [-0.39, 0.29) is 12.1 Å². The first-order chi connectivity index (χ1) is 8.24. The van der Waals surface area contributed by atoms with Crippen LogP contribution >= 0.6 is 11.3 Å². The smallest absolute Gasteiger partial charge is 0.255 e. The molecule has 86 valence electrons. The molecule has 4 nitrogen and oxygen atoms in total. The average molecular weight is 245 g/mol. The molecule has 17 heavy (non-hydrogen) atoms. The lowest BCUT2D eigenvalue weighted by Crippen LogP contribution is -2.38. The second-order valence-corrected chi connectivity index (χ2v) is 4.95. The molecule has 2 N–H and O–H groups in total. The van der Waals surface area contributed by atoms with Crippen molar-refractivity contribution in [1.29, 1.82) is 0 Å². The van der Waals surface area contributed by atoms with Crippen LogP contribution in [0.1, 0.15) is 27.2 Å². The van der Waals surface area contributed by atoms with Crippen molar-refractivity contribution >= 4 is 22.9 Å². The molecule has 3 rings (SSSR count). The van der Waals surface area contributed by atoms with Crippen LogP contribution in [-0.4, -0.2) is 10.9 Å². The highest BCUT2D eigenvalue weighted by Gasteiger charge is 2.25. The maximum absolute atomic E-state index is 11.9. The van der Waals surface area contributed by atoms with E-state index in [4.69, 9.17) is 0 Å². The molecule has 2 heterocycles. The van der Waals surface area contributed by atoms with Crippen LogP contribution < -0.4 is 10.6 Å². The minimum absolute atomic E-state index is 0.0602. The van der Waals surface area contributed by atoms with Crippen LogP contribution in [0.3, 0.4) is 0 Å². The minimum Gasteiger partial charge on any atom is -0.360 e. The lowest BCUT2D eigenvalue weighted by molar-refractivity contribution is 0.0935. The van der Waals surface area contributed by atoms with Gasteiger partial charge in [0.05, 0.1) is 16.3 Å². The summed E-state index contributed by atoms with van der Waals surface area (Å²) in [6.07, 6.45) is -0.234. The molecule has 1 atom stereocenters. The summed E-state index contributed by atoms with van der Waals surface area (Å²) in [7, 11) is 0. The molecule has 2 aromatic rings. The van der Waals surface area contributed by atoms with Crippen molar-refractivity contribution in [2.45, 2.75) is 13.1 Å². The van der Waals surface area contributed by atoms with Gasteiger partial charge in [0.25, 0.3) is 5.91 Å². The van der Waals surface area contributed by atoms with Gasteiger partial charge in [-0.2, -0.15) is 0 Å². The Morgan fingerprint density at radius 3 is 2.88 bits per heavy atom. The first-order valence-electron chi connectivity index (χ1n) is 5.32. The number of rotatable bonds is 1. The number of anilines is 1. The predicted molar refractivity (Wildman–Crippen MR) is 67.1 cm³/mol. The van der Waals surface area contributed by atoms with Crippen LogP contribution in [0, 0.1) is 6.92 Å². The molecule has 1 aliphatic rings. The number of amides is 1. The quantitative estimate of drug-likeness (QED) is 0.810. The monoisotopic (exact) mass is 245 g/mol. The number of aromatic nitrogens is 1. The van der Waals surface area contributed by atoms with E-state index in [1.165, 1.54) is 0 Å². The Morgan fingerprint density at radius 2 is 2.12 bits per heavy atom. The molecule has 0 saturated carbocycles. The summed E-state index contributed by atoms with van der Waals surface area (Å²) in [6, 6.07) is 7.47. The predicted octanol–water partition coefficient (Wildman–Crippen LogP) is 2.31. The molecule has 1 unspecified atom stereocenters. The Hall–Kier alpha value is -1.88. The van der Waals surface area contributed by atoms with Gasteiger partial charge in [0.15, 0.2) is 0 Å². The largest absolute Gasteiger partial charge is 0.360 e. The second kappa shape index (κ2) is 3.85. The van der Waals surface area contributed by atoms with E-state index in [1.807, 2.05) is 30.5 Å². The van der Waals surface area contributed by atoms with Crippen LogP contribution in [0.15, 0.2) is 29.6 Å². The van der Waals surface area contributed by atoms with Gasteiger partial charge in [0.2, 0.25) is 0 Å². The molecule has 0 spiro atoms. The number of nitrogens with one attached hydrogen (secondary N) is 2. The molecular formula is C12H11N3OS. The van der Waals surface area contributed by atoms with Gasteiger partial charge in [0, 0.05) is 11.1 Å². The lowest BCUT2D eigenvalue weighted by atomic mass is 10.1. The first kappa shape index (κ1) is 10.3. The number of thiazole rings is 1. The minimum atomic E-state index is -0.234. The fourth-order valence-electron chi connectivity index (χ4n) is 1.87. The molecule has 1 amide bonds. The third-order valence-corrected chi connectivity index (χ3v) is 3.47. The first-order valence-corrected chi connectivity index (χ1v) is 6.20. The SMILES string of the molecule is Cc1nc(C2NC(=O)c3ccccc3N2)cs1. The van der Waals surface area contributed by atoms with E-state index in [2.05, 4.69) is 15.6 Å². The summed E-state index contributed by atoms with van der Waals surface area (Å²) >= 11 is 1.58. The van der Waals surface area contributed by atoms with Gasteiger partial charge < -0.3 is 10.6 Å². The molecular weight excluding hydrogens is 234 g/mol. The summed E-state index contributed by atoms with van der Waals surface area (Å²) in [4.78, 5) is 16.3. The van der Waals surface area contributed by atoms with Crippen LogP contribution in [0.25, 0.3) is 0 Å². The number of para-hydroxylation sites is 1. The van der Waals surface area contributed by atoms with Crippen LogP contribution in [0.4, 0.5) is 5.69 Å². The van der Waals surface area contributed by atoms with E-state index in [0.717, 1.165) is 16.4 Å². The van der Waals surface area contributed by atoms with E-state index in [9.17, 15) is 4.79 Å². The summed E-state index contributed by atoms with van der Waals surface area (Å²) < 4.78 is 0. The molecule has 1 aromatic carbocycles. The number of fused-ring (bicyclic) bond motifs is 1. The summed E-state index contributed by atoms with van der Waals surface area (Å²) in [5.41, 5.74) is 2.39. The highest BCUT2D eigenvalue weighted by atomic mass is 32.1. The van der Waals surface area contributed by atoms with Crippen molar-refractivity contribution in [3.63, 3.8) is 0 Å². The zero-order valence-corrected chi connectivity index (χ0v) is 10.0. The lowest BCUT2D eigenvalue weighted by Gasteiger charge is -2.26. The van der Waals surface area contributed by atoms with Gasteiger partial charge in [-0.1, -0.05) is 12.1 Å². The maximum atomic E-state index is 11.9. The van der Waals surface area contributed by atoms with Crippen molar-refractivity contribution < 1.29 is 4.79 Å². The highest BCUT2D eigenvalue weighted by Crippen LogP contribution is 2.26. The van der Waals surface area contributed by atoms with E-state index in [1.54, 1.807) is 17.4 Å². The Balaban J connectivity index is 1.96. The number of hydrogen-bond acceptors (Lipinski definition) is 4. The zero-order chi connectivity index (χ0) is 11.8. The van der Waals surface area contributed by atoms with Gasteiger partial charge in [-0.15, -0.1) is 11.3 Å². The number of aryl methyl sites for hydroxylation is 1. The van der Waals surface area contributed by atoms with Gasteiger partial charge in [-0.05, 0) is 19.1 Å². The van der Waals surface area contributed by atoms with E-state index in [0.29, 0.717) is 5.56 Å². The Kier molecular flexibility index (Phi) is 2.33. The molecule has 0 radical (unpaired) electrons. The Bertz CT molecular complexity index is 579.